The fourth-order valence-electron chi connectivity index (χ4n) is 4.06. The SMILES string of the molecule is Cc1ccc(CSc2nnc3c(n2)O[C@]2(Nc4ccccc4-3)C(=O)Nc3ccc(Br)cc32)cc1. The minimum atomic E-state index is -1.49. The monoisotopic (exact) mass is 531 g/mol. The van der Waals surface area contributed by atoms with Gasteiger partial charge in [0.1, 0.15) is 0 Å². The van der Waals surface area contributed by atoms with Gasteiger partial charge in [0.15, 0.2) is 5.69 Å². The van der Waals surface area contributed by atoms with E-state index >= 15 is 0 Å². The van der Waals surface area contributed by atoms with Gasteiger partial charge in [-0.15, -0.1) is 10.2 Å². The largest absolute Gasteiger partial charge is 0.435 e. The summed E-state index contributed by atoms with van der Waals surface area (Å²) in [6.07, 6.45) is 0. The molecule has 2 aliphatic rings. The molecule has 0 unspecified atom stereocenters. The van der Waals surface area contributed by atoms with E-state index in [4.69, 9.17) is 4.74 Å². The van der Waals surface area contributed by atoms with E-state index in [1.165, 1.54) is 17.3 Å². The van der Waals surface area contributed by atoms with Crippen LogP contribution in [0.5, 0.6) is 5.88 Å². The molecule has 0 aliphatic carbocycles. The van der Waals surface area contributed by atoms with E-state index in [-0.39, 0.29) is 11.8 Å². The number of ether oxygens (including phenoxy) is 1. The Morgan fingerprint density at radius 3 is 2.71 bits per heavy atom. The highest BCUT2D eigenvalue weighted by atomic mass is 79.9. The third-order valence-corrected chi connectivity index (χ3v) is 7.20. The average Bonchev–Trinajstić information content (AvgIpc) is 3.00. The van der Waals surface area contributed by atoms with Gasteiger partial charge < -0.3 is 15.4 Å². The molecule has 168 valence electrons. The number of para-hydroxylation sites is 1. The van der Waals surface area contributed by atoms with Crippen LogP contribution in [0.3, 0.4) is 0 Å². The van der Waals surface area contributed by atoms with E-state index in [0.29, 0.717) is 33.5 Å². The zero-order valence-corrected chi connectivity index (χ0v) is 20.4. The van der Waals surface area contributed by atoms with Crippen molar-refractivity contribution in [1.29, 1.82) is 0 Å². The lowest BCUT2D eigenvalue weighted by Crippen LogP contribution is -2.47. The highest BCUT2D eigenvalue weighted by Gasteiger charge is 2.52. The van der Waals surface area contributed by atoms with Crippen molar-refractivity contribution in [3.05, 3.63) is 87.9 Å². The number of carbonyl (C=O) groups is 1. The maximum Gasteiger partial charge on any atom is 0.295 e. The van der Waals surface area contributed by atoms with Gasteiger partial charge in [0.2, 0.25) is 11.0 Å². The van der Waals surface area contributed by atoms with Crippen LogP contribution in [0, 0.1) is 6.92 Å². The van der Waals surface area contributed by atoms with Crippen molar-refractivity contribution >= 4 is 45.0 Å². The first-order valence-electron chi connectivity index (χ1n) is 10.6. The van der Waals surface area contributed by atoms with Gasteiger partial charge in [-0.3, -0.25) is 4.79 Å². The summed E-state index contributed by atoms with van der Waals surface area (Å²) in [5, 5.41) is 15.5. The van der Waals surface area contributed by atoms with E-state index in [1.54, 1.807) is 0 Å². The summed E-state index contributed by atoms with van der Waals surface area (Å²) in [5.41, 5.74) is 4.18. The van der Waals surface area contributed by atoms with Crippen LogP contribution in [-0.2, 0) is 16.3 Å². The molecule has 7 nitrogen and oxygen atoms in total. The molecule has 1 aromatic heterocycles. The van der Waals surface area contributed by atoms with Crippen molar-refractivity contribution in [1.82, 2.24) is 15.2 Å². The van der Waals surface area contributed by atoms with Gasteiger partial charge >= 0.3 is 0 Å². The lowest BCUT2D eigenvalue weighted by Gasteiger charge is -2.28. The first-order chi connectivity index (χ1) is 16.5. The fraction of sp³-hybridized carbons (Fsp3) is 0.120. The molecule has 0 saturated heterocycles. The number of aromatic nitrogens is 3. The molecule has 9 heteroatoms. The number of thioether (sulfide) groups is 1. The molecule has 6 rings (SSSR count). The smallest absolute Gasteiger partial charge is 0.295 e. The summed E-state index contributed by atoms with van der Waals surface area (Å²) in [7, 11) is 0. The van der Waals surface area contributed by atoms with Crippen molar-refractivity contribution in [2.45, 2.75) is 23.6 Å². The summed E-state index contributed by atoms with van der Waals surface area (Å²) in [6.45, 7) is 2.06. The molecule has 0 bridgehead atoms. The van der Waals surface area contributed by atoms with Gasteiger partial charge in [0.05, 0.1) is 11.3 Å². The molecule has 3 heterocycles. The molecule has 4 aromatic rings. The van der Waals surface area contributed by atoms with Gasteiger partial charge in [-0.1, -0.05) is 75.7 Å². The normalized spacial score (nSPS) is 17.6. The lowest BCUT2D eigenvalue weighted by molar-refractivity contribution is -0.128. The van der Waals surface area contributed by atoms with Crippen LogP contribution in [-0.4, -0.2) is 21.1 Å². The number of benzene rings is 3. The third-order valence-electron chi connectivity index (χ3n) is 5.80. The van der Waals surface area contributed by atoms with Crippen LogP contribution in [0.1, 0.15) is 16.7 Å². The summed E-state index contributed by atoms with van der Waals surface area (Å²) in [5.74, 6) is 0.620. The van der Waals surface area contributed by atoms with Crippen molar-refractivity contribution < 1.29 is 9.53 Å². The first-order valence-corrected chi connectivity index (χ1v) is 12.4. The van der Waals surface area contributed by atoms with E-state index in [9.17, 15) is 4.79 Å². The Balaban J connectivity index is 1.44. The molecular weight excluding hydrogens is 514 g/mol. The number of hydrogen-bond acceptors (Lipinski definition) is 7. The summed E-state index contributed by atoms with van der Waals surface area (Å²) >= 11 is 4.98. The maximum atomic E-state index is 13.3. The van der Waals surface area contributed by atoms with E-state index < -0.39 is 5.72 Å². The molecule has 3 aromatic carbocycles. The van der Waals surface area contributed by atoms with Crippen LogP contribution in [0.4, 0.5) is 11.4 Å². The standard InChI is InChI=1S/C25H18BrN5O2S/c1-14-6-8-15(9-7-14)13-34-24-28-22-21(30-31-24)17-4-2-3-5-19(17)29-25(33-22)18-12-16(26)10-11-20(18)27-23(25)32/h2-12,29H,13H2,1H3,(H,27,32)/t25-/m0/s1. The Labute approximate surface area is 208 Å². The van der Waals surface area contributed by atoms with E-state index in [0.717, 1.165) is 15.6 Å². The molecule has 34 heavy (non-hydrogen) atoms. The van der Waals surface area contributed by atoms with Crippen molar-refractivity contribution in [3.8, 4) is 17.1 Å². The molecule has 0 fully saturated rings. The fourth-order valence-corrected chi connectivity index (χ4v) is 5.16. The number of nitrogens with one attached hydrogen (secondary N) is 2. The Hall–Kier alpha value is -3.43. The Bertz CT molecular complexity index is 1450. The quantitative estimate of drug-likeness (QED) is 0.337. The average molecular weight is 532 g/mol. The van der Waals surface area contributed by atoms with Crippen LogP contribution in [0.2, 0.25) is 0 Å². The number of rotatable bonds is 3. The number of nitrogens with zero attached hydrogens (tertiary/aromatic N) is 3. The Morgan fingerprint density at radius 1 is 1.03 bits per heavy atom. The second-order valence-electron chi connectivity index (χ2n) is 8.12. The number of halogens is 1. The number of hydrogen-bond donors (Lipinski definition) is 2. The van der Waals surface area contributed by atoms with Crippen LogP contribution in [0.25, 0.3) is 11.3 Å². The number of carbonyl (C=O) groups excluding carboxylic acids is 1. The van der Waals surface area contributed by atoms with Gasteiger partial charge in [-0.2, -0.15) is 4.98 Å². The summed E-state index contributed by atoms with van der Waals surface area (Å²) in [6, 6.07) is 21.5. The zero-order valence-electron chi connectivity index (χ0n) is 18.0. The van der Waals surface area contributed by atoms with E-state index in [1.807, 2.05) is 42.5 Å². The van der Waals surface area contributed by atoms with Crippen molar-refractivity contribution in [2.75, 3.05) is 10.6 Å². The van der Waals surface area contributed by atoms with Gasteiger partial charge in [-0.25, -0.2) is 0 Å². The molecule has 1 spiro atoms. The van der Waals surface area contributed by atoms with Crippen LogP contribution >= 0.6 is 27.7 Å². The van der Waals surface area contributed by atoms with Gasteiger partial charge in [0.25, 0.3) is 11.6 Å². The molecule has 0 radical (unpaired) electrons. The minimum absolute atomic E-state index is 0.252. The minimum Gasteiger partial charge on any atom is -0.435 e. The second kappa shape index (κ2) is 8.11. The molecular formula is C25H18BrN5O2S. The second-order valence-corrected chi connectivity index (χ2v) is 9.98. The third kappa shape index (κ3) is 3.52. The molecule has 2 N–H and O–H groups in total. The number of anilines is 2. The summed E-state index contributed by atoms with van der Waals surface area (Å²) < 4.78 is 7.25. The number of fused-ring (bicyclic) bond motifs is 5. The van der Waals surface area contributed by atoms with Crippen LogP contribution < -0.4 is 15.4 Å². The molecule has 2 aliphatic heterocycles. The van der Waals surface area contributed by atoms with Crippen molar-refractivity contribution in [2.24, 2.45) is 0 Å². The highest BCUT2D eigenvalue weighted by molar-refractivity contribution is 9.10. The molecule has 0 saturated carbocycles. The van der Waals surface area contributed by atoms with E-state index in [2.05, 4.69) is 72.9 Å². The Morgan fingerprint density at radius 2 is 1.85 bits per heavy atom. The van der Waals surface area contributed by atoms with Gasteiger partial charge in [0, 0.05) is 21.5 Å². The molecule has 1 atom stereocenters. The maximum absolute atomic E-state index is 13.3. The van der Waals surface area contributed by atoms with Gasteiger partial charge in [-0.05, 0) is 36.8 Å². The topological polar surface area (TPSA) is 89.0 Å². The molecule has 1 amide bonds. The predicted molar refractivity (Wildman–Crippen MR) is 135 cm³/mol. The Kier molecular flexibility index (Phi) is 5.04. The van der Waals surface area contributed by atoms with Crippen LogP contribution in [0.15, 0.2) is 76.4 Å². The lowest BCUT2D eigenvalue weighted by atomic mass is 10.0. The van der Waals surface area contributed by atoms with Crippen molar-refractivity contribution in [3.63, 3.8) is 0 Å². The highest BCUT2D eigenvalue weighted by Crippen LogP contribution is 2.47. The number of aryl methyl sites for hydroxylation is 1. The zero-order chi connectivity index (χ0) is 23.3. The summed E-state index contributed by atoms with van der Waals surface area (Å²) in [4.78, 5) is 18.0. The predicted octanol–water partition coefficient (Wildman–Crippen LogP) is 5.51. The first kappa shape index (κ1) is 21.1. The number of amides is 1.